The van der Waals surface area contributed by atoms with Crippen molar-refractivity contribution in [2.45, 2.75) is 25.7 Å². The lowest BCUT2D eigenvalue weighted by Crippen LogP contribution is -2.39. The first-order valence-corrected chi connectivity index (χ1v) is 5.19. The van der Waals surface area contributed by atoms with Crippen LogP contribution in [0.2, 0.25) is 0 Å². The Hall–Kier alpha value is -0.890. The van der Waals surface area contributed by atoms with E-state index in [0.717, 1.165) is 24.8 Å². The lowest BCUT2D eigenvalue weighted by molar-refractivity contribution is 0.143. The standard InChI is InChI=1S/C12H16FN/c13-11-5-2-1-4-10(11)8-12(9-14)6-3-7-12/h1-2,4-5H,3,6-9,14H2. The van der Waals surface area contributed by atoms with Gasteiger partial charge < -0.3 is 5.73 Å². The highest BCUT2D eigenvalue weighted by molar-refractivity contribution is 5.19. The van der Waals surface area contributed by atoms with Gasteiger partial charge in [-0.2, -0.15) is 0 Å². The van der Waals surface area contributed by atoms with Gasteiger partial charge in [0.25, 0.3) is 0 Å². The Balaban J connectivity index is 2.13. The minimum atomic E-state index is -0.0905. The summed E-state index contributed by atoms with van der Waals surface area (Å²) in [7, 11) is 0. The van der Waals surface area contributed by atoms with E-state index in [1.54, 1.807) is 6.07 Å². The summed E-state index contributed by atoms with van der Waals surface area (Å²) in [5.74, 6) is -0.0905. The van der Waals surface area contributed by atoms with Gasteiger partial charge in [-0.15, -0.1) is 0 Å². The predicted molar refractivity (Wildman–Crippen MR) is 55.4 cm³/mol. The van der Waals surface area contributed by atoms with Crippen LogP contribution in [0.1, 0.15) is 24.8 Å². The molecule has 1 saturated carbocycles. The molecule has 0 amide bonds. The molecule has 0 spiro atoms. The maximum absolute atomic E-state index is 13.4. The average Bonchev–Trinajstić information content (AvgIpc) is 2.14. The first kappa shape index (κ1) is 9.66. The number of hydrogen-bond acceptors (Lipinski definition) is 1. The van der Waals surface area contributed by atoms with Crippen molar-refractivity contribution in [1.29, 1.82) is 0 Å². The van der Waals surface area contributed by atoms with E-state index in [9.17, 15) is 4.39 Å². The lowest BCUT2D eigenvalue weighted by Gasteiger charge is -2.41. The second-order valence-corrected chi connectivity index (χ2v) is 4.33. The number of benzene rings is 1. The third kappa shape index (κ3) is 1.67. The Morgan fingerprint density at radius 3 is 2.50 bits per heavy atom. The Kier molecular flexibility index (Phi) is 2.55. The molecule has 1 aliphatic rings. The van der Waals surface area contributed by atoms with E-state index >= 15 is 0 Å². The van der Waals surface area contributed by atoms with Crippen molar-refractivity contribution in [1.82, 2.24) is 0 Å². The number of nitrogens with two attached hydrogens (primary N) is 1. The molecule has 1 nitrogen and oxygen atoms in total. The van der Waals surface area contributed by atoms with Crippen LogP contribution in [-0.4, -0.2) is 6.54 Å². The van der Waals surface area contributed by atoms with Gasteiger partial charge in [-0.25, -0.2) is 4.39 Å². The zero-order valence-corrected chi connectivity index (χ0v) is 8.30. The van der Waals surface area contributed by atoms with Crippen LogP contribution in [0.15, 0.2) is 24.3 Å². The van der Waals surface area contributed by atoms with Crippen molar-refractivity contribution in [2.24, 2.45) is 11.1 Å². The van der Waals surface area contributed by atoms with E-state index in [1.807, 2.05) is 12.1 Å². The molecule has 1 fully saturated rings. The number of rotatable bonds is 3. The van der Waals surface area contributed by atoms with E-state index in [-0.39, 0.29) is 11.2 Å². The van der Waals surface area contributed by atoms with Crippen LogP contribution in [0.25, 0.3) is 0 Å². The van der Waals surface area contributed by atoms with Gasteiger partial charge in [-0.3, -0.25) is 0 Å². The monoisotopic (exact) mass is 193 g/mol. The lowest BCUT2D eigenvalue weighted by atomic mass is 9.65. The molecule has 14 heavy (non-hydrogen) atoms. The smallest absolute Gasteiger partial charge is 0.126 e. The molecule has 2 heteroatoms. The predicted octanol–water partition coefficient (Wildman–Crippen LogP) is 2.50. The minimum absolute atomic E-state index is 0.0905. The maximum Gasteiger partial charge on any atom is 0.126 e. The fourth-order valence-corrected chi connectivity index (χ4v) is 2.18. The third-order valence-corrected chi connectivity index (χ3v) is 3.37. The molecule has 0 heterocycles. The van der Waals surface area contributed by atoms with Crippen LogP contribution in [-0.2, 0) is 6.42 Å². The van der Waals surface area contributed by atoms with Gasteiger partial charge in [0.2, 0.25) is 0 Å². The Labute approximate surface area is 84.1 Å². The molecular weight excluding hydrogens is 177 g/mol. The van der Waals surface area contributed by atoms with Gasteiger partial charge in [-0.1, -0.05) is 24.6 Å². The molecule has 1 aromatic rings. The molecule has 1 aromatic carbocycles. The maximum atomic E-state index is 13.4. The van der Waals surface area contributed by atoms with Crippen molar-refractivity contribution in [3.05, 3.63) is 35.6 Å². The molecule has 2 N–H and O–H groups in total. The van der Waals surface area contributed by atoms with Crippen LogP contribution in [0.4, 0.5) is 4.39 Å². The van der Waals surface area contributed by atoms with Crippen molar-refractivity contribution in [3.63, 3.8) is 0 Å². The van der Waals surface area contributed by atoms with Crippen LogP contribution in [0.5, 0.6) is 0 Å². The van der Waals surface area contributed by atoms with Gasteiger partial charge in [0.05, 0.1) is 0 Å². The van der Waals surface area contributed by atoms with E-state index in [2.05, 4.69) is 0 Å². The van der Waals surface area contributed by atoms with Gasteiger partial charge in [0, 0.05) is 0 Å². The van der Waals surface area contributed by atoms with Gasteiger partial charge in [0.15, 0.2) is 0 Å². The molecule has 2 rings (SSSR count). The zero-order valence-electron chi connectivity index (χ0n) is 8.30. The summed E-state index contributed by atoms with van der Waals surface area (Å²) in [6, 6.07) is 7.01. The summed E-state index contributed by atoms with van der Waals surface area (Å²) in [6.45, 7) is 0.682. The normalized spacial score (nSPS) is 19.0. The summed E-state index contributed by atoms with van der Waals surface area (Å²) in [5.41, 5.74) is 6.76. The van der Waals surface area contributed by atoms with Gasteiger partial charge in [-0.05, 0) is 42.9 Å². The van der Waals surface area contributed by atoms with Crippen LogP contribution < -0.4 is 5.73 Å². The van der Waals surface area contributed by atoms with Crippen LogP contribution in [0, 0.1) is 11.2 Å². The second-order valence-electron chi connectivity index (χ2n) is 4.33. The zero-order chi connectivity index (χ0) is 10.0. The quantitative estimate of drug-likeness (QED) is 0.784. The van der Waals surface area contributed by atoms with Crippen molar-refractivity contribution in [2.75, 3.05) is 6.54 Å². The van der Waals surface area contributed by atoms with E-state index in [1.165, 1.54) is 12.5 Å². The Bertz CT molecular complexity index is 312. The molecule has 0 bridgehead atoms. The van der Waals surface area contributed by atoms with E-state index < -0.39 is 0 Å². The van der Waals surface area contributed by atoms with Crippen LogP contribution >= 0.6 is 0 Å². The molecule has 1 aliphatic carbocycles. The van der Waals surface area contributed by atoms with E-state index in [0.29, 0.717) is 6.54 Å². The summed E-state index contributed by atoms with van der Waals surface area (Å²) in [5, 5.41) is 0. The molecule has 0 saturated heterocycles. The molecular formula is C12H16FN. The summed E-state index contributed by atoms with van der Waals surface area (Å²) in [4.78, 5) is 0. The first-order valence-electron chi connectivity index (χ1n) is 5.19. The molecule has 0 aromatic heterocycles. The minimum Gasteiger partial charge on any atom is -0.330 e. The van der Waals surface area contributed by atoms with Crippen molar-refractivity contribution < 1.29 is 4.39 Å². The largest absolute Gasteiger partial charge is 0.330 e. The SMILES string of the molecule is NCC1(Cc2ccccc2F)CCC1. The topological polar surface area (TPSA) is 26.0 Å². The van der Waals surface area contributed by atoms with Crippen molar-refractivity contribution in [3.8, 4) is 0 Å². The number of halogens is 1. The molecule has 0 aliphatic heterocycles. The molecule has 0 unspecified atom stereocenters. The highest BCUT2D eigenvalue weighted by Crippen LogP contribution is 2.42. The Morgan fingerprint density at radius 2 is 2.00 bits per heavy atom. The average molecular weight is 193 g/mol. The second kappa shape index (κ2) is 3.70. The van der Waals surface area contributed by atoms with Crippen molar-refractivity contribution >= 4 is 0 Å². The summed E-state index contributed by atoms with van der Waals surface area (Å²) < 4.78 is 13.4. The van der Waals surface area contributed by atoms with Crippen LogP contribution in [0.3, 0.4) is 0 Å². The molecule has 76 valence electrons. The highest BCUT2D eigenvalue weighted by Gasteiger charge is 2.35. The van der Waals surface area contributed by atoms with Gasteiger partial charge >= 0.3 is 0 Å². The fourth-order valence-electron chi connectivity index (χ4n) is 2.18. The Morgan fingerprint density at radius 1 is 1.29 bits per heavy atom. The third-order valence-electron chi connectivity index (χ3n) is 3.37. The first-order chi connectivity index (χ1) is 6.76. The summed E-state index contributed by atoms with van der Waals surface area (Å²) >= 11 is 0. The number of hydrogen-bond donors (Lipinski definition) is 1. The van der Waals surface area contributed by atoms with Gasteiger partial charge in [0.1, 0.15) is 5.82 Å². The molecule has 0 atom stereocenters. The highest BCUT2D eigenvalue weighted by atomic mass is 19.1. The van der Waals surface area contributed by atoms with E-state index in [4.69, 9.17) is 5.73 Å². The summed E-state index contributed by atoms with van der Waals surface area (Å²) in [6.07, 6.45) is 4.34. The molecule has 0 radical (unpaired) electrons. The fraction of sp³-hybridized carbons (Fsp3) is 0.500.